The van der Waals surface area contributed by atoms with Crippen LogP contribution in [0.5, 0.6) is 0 Å². The average Bonchev–Trinajstić information content (AvgIpc) is 2.33. The van der Waals surface area contributed by atoms with Crippen molar-refractivity contribution in [1.29, 1.82) is 0 Å². The Morgan fingerprint density at radius 1 is 1.05 bits per heavy atom. The Labute approximate surface area is 123 Å². The van der Waals surface area contributed by atoms with E-state index in [4.69, 9.17) is 11.6 Å². The van der Waals surface area contributed by atoms with Crippen molar-refractivity contribution < 1.29 is 8.78 Å². The zero-order chi connectivity index (χ0) is 14.0. The molecule has 0 aliphatic carbocycles. The highest BCUT2D eigenvalue weighted by atomic mass is 79.9. The van der Waals surface area contributed by atoms with E-state index in [2.05, 4.69) is 21.2 Å². The zero-order valence-electron chi connectivity index (χ0n) is 10.1. The Balaban J connectivity index is 2.46. The lowest BCUT2D eigenvalue weighted by Gasteiger charge is -2.18. The number of hydrogen-bond donors (Lipinski definition) is 1. The summed E-state index contributed by atoms with van der Waals surface area (Å²) in [7, 11) is 1.75. The largest absolute Gasteiger partial charge is 0.309 e. The number of benzene rings is 2. The summed E-state index contributed by atoms with van der Waals surface area (Å²) in [4.78, 5) is 0. The molecule has 2 aromatic rings. The molecule has 1 N–H and O–H groups in total. The van der Waals surface area contributed by atoms with Gasteiger partial charge in [-0.25, -0.2) is 8.78 Å². The predicted molar refractivity (Wildman–Crippen MR) is 76.4 cm³/mol. The minimum atomic E-state index is -0.862. The Kier molecular flexibility index (Phi) is 4.55. The predicted octanol–water partition coefficient (Wildman–Crippen LogP) is 4.69. The highest BCUT2D eigenvalue weighted by molar-refractivity contribution is 9.10. The third kappa shape index (κ3) is 3.32. The van der Waals surface area contributed by atoms with Crippen molar-refractivity contribution >= 4 is 27.5 Å². The van der Waals surface area contributed by atoms with Gasteiger partial charge in [0.15, 0.2) is 11.6 Å². The number of halogens is 4. The molecular formula is C14H11BrClF2N. The van der Waals surface area contributed by atoms with Gasteiger partial charge in [-0.3, -0.25) is 0 Å². The van der Waals surface area contributed by atoms with Crippen molar-refractivity contribution in [3.8, 4) is 0 Å². The molecule has 1 nitrogen and oxygen atoms in total. The maximum atomic E-state index is 13.3. The second-order valence-electron chi connectivity index (χ2n) is 4.10. The van der Waals surface area contributed by atoms with Gasteiger partial charge in [-0.15, -0.1) is 0 Å². The van der Waals surface area contributed by atoms with Crippen molar-refractivity contribution in [3.05, 3.63) is 68.7 Å². The Morgan fingerprint density at radius 3 is 2.37 bits per heavy atom. The van der Waals surface area contributed by atoms with E-state index in [0.29, 0.717) is 10.6 Å². The van der Waals surface area contributed by atoms with Gasteiger partial charge in [0.25, 0.3) is 0 Å². The van der Waals surface area contributed by atoms with Crippen LogP contribution in [-0.4, -0.2) is 7.05 Å². The third-order valence-corrected chi connectivity index (χ3v) is 3.46. The lowest BCUT2D eigenvalue weighted by atomic mass is 9.99. The molecule has 2 rings (SSSR count). The van der Waals surface area contributed by atoms with Crippen LogP contribution in [0.15, 0.2) is 40.9 Å². The summed E-state index contributed by atoms with van der Waals surface area (Å²) in [5.74, 6) is -1.72. The summed E-state index contributed by atoms with van der Waals surface area (Å²) in [5.41, 5.74) is 1.50. The summed E-state index contributed by atoms with van der Waals surface area (Å²) < 4.78 is 27.1. The van der Waals surface area contributed by atoms with Crippen LogP contribution in [0.25, 0.3) is 0 Å². The number of hydrogen-bond acceptors (Lipinski definition) is 1. The first-order chi connectivity index (χ1) is 9.01. The molecule has 0 radical (unpaired) electrons. The van der Waals surface area contributed by atoms with Crippen LogP contribution in [0, 0.1) is 11.6 Å². The standard InChI is InChI=1S/C14H11BrClF2N/c1-19-14(8-2-3-12(17)13(18)6-8)9-4-10(15)7-11(16)5-9/h2-7,14,19H,1H3. The van der Waals surface area contributed by atoms with Crippen molar-refractivity contribution in [2.24, 2.45) is 0 Å². The summed E-state index contributed by atoms with van der Waals surface area (Å²) >= 11 is 9.37. The summed E-state index contributed by atoms with van der Waals surface area (Å²) in [6, 6.07) is 9.03. The fourth-order valence-electron chi connectivity index (χ4n) is 1.96. The minimum absolute atomic E-state index is 0.259. The summed E-state index contributed by atoms with van der Waals surface area (Å²) in [6.07, 6.45) is 0. The Morgan fingerprint density at radius 2 is 1.79 bits per heavy atom. The molecule has 2 aromatic carbocycles. The van der Waals surface area contributed by atoms with Crippen LogP contribution in [0.1, 0.15) is 17.2 Å². The fraction of sp³-hybridized carbons (Fsp3) is 0.143. The first-order valence-electron chi connectivity index (χ1n) is 5.59. The molecule has 0 fully saturated rings. The third-order valence-electron chi connectivity index (χ3n) is 2.78. The number of nitrogens with one attached hydrogen (secondary N) is 1. The molecule has 1 atom stereocenters. The van der Waals surface area contributed by atoms with Gasteiger partial charge in [0, 0.05) is 9.50 Å². The van der Waals surface area contributed by atoms with Gasteiger partial charge in [0.1, 0.15) is 0 Å². The topological polar surface area (TPSA) is 12.0 Å². The second-order valence-corrected chi connectivity index (χ2v) is 5.45. The maximum Gasteiger partial charge on any atom is 0.159 e. The van der Waals surface area contributed by atoms with E-state index >= 15 is 0 Å². The molecule has 19 heavy (non-hydrogen) atoms. The molecule has 0 saturated heterocycles. The van der Waals surface area contributed by atoms with Crippen LogP contribution in [0.4, 0.5) is 8.78 Å². The molecule has 0 bridgehead atoms. The molecule has 5 heteroatoms. The normalized spacial score (nSPS) is 12.5. The minimum Gasteiger partial charge on any atom is -0.309 e. The Bertz CT molecular complexity index is 584. The average molecular weight is 347 g/mol. The molecule has 0 spiro atoms. The second kappa shape index (κ2) is 5.99. The maximum absolute atomic E-state index is 13.3. The van der Waals surface area contributed by atoms with Crippen LogP contribution in [0.2, 0.25) is 5.02 Å². The van der Waals surface area contributed by atoms with Gasteiger partial charge < -0.3 is 5.32 Å². The number of rotatable bonds is 3. The van der Waals surface area contributed by atoms with E-state index in [-0.39, 0.29) is 6.04 Å². The lowest BCUT2D eigenvalue weighted by Crippen LogP contribution is -2.18. The van der Waals surface area contributed by atoms with Crippen LogP contribution >= 0.6 is 27.5 Å². The molecule has 0 aliphatic rings. The van der Waals surface area contributed by atoms with Gasteiger partial charge >= 0.3 is 0 Å². The van der Waals surface area contributed by atoms with E-state index in [0.717, 1.165) is 16.1 Å². The van der Waals surface area contributed by atoms with Crippen LogP contribution in [0.3, 0.4) is 0 Å². The molecule has 0 aliphatic heterocycles. The van der Waals surface area contributed by atoms with Crippen molar-refractivity contribution in [2.75, 3.05) is 7.05 Å². The van der Waals surface area contributed by atoms with Crippen LogP contribution in [-0.2, 0) is 0 Å². The van der Waals surface area contributed by atoms with Gasteiger partial charge in [0.05, 0.1) is 6.04 Å². The van der Waals surface area contributed by atoms with Gasteiger partial charge in [-0.05, 0) is 48.5 Å². The van der Waals surface area contributed by atoms with E-state index in [1.54, 1.807) is 25.2 Å². The highest BCUT2D eigenvalue weighted by Gasteiger charge is 2.15. The fourth-order valence-corrected chi connectivity index (χ4v) is 2.85. The molecule has 0 aromatic heterocycles. The van der Waals surface area contributed by atoms with Crippen molar-refractivity contribution in [2.45, 2.75) is 6.04 Å². The van der Waals surface area contributed by atoms with Gasteiger partial charge in [-0.1, -0.05) is 33.6 Å². The molecule has 0 amide bonds. The quantitative estimate of drug-likeness (QED) is 0.850. The summed E-state index contributed by atoms with van der Waals surface area (Å²) in [6.45, 7) is 0. The molecule has 100 valence electrons. The first-order valence-corrected chi connectivity index (χ1v) is 6.76. The van der Waals surface area contributed by atoms with E-state index < -0.39 is 11.6 Å². The van der Waals surface area contributed by atoms with Crippen molar-refractivity contribution in [3.63, 3.8) is 0 Å². The monoisotopic (exact) mass is 345 g/mol. The van der Waals surface area contributed by atoms with E-state index in [1.807, 2.05) is 6.07 Å². The Hall–Kier alpha value is -0.970. The van der Waals surface area contributed by atoms with Gasteiger partial charge in [0.2, 0.25) is 0 Å². The molecule has 0 heterocycles. The van der Waals surface area contributed by atoms with Crippen molar-refractivity contribution in [1.82, 2.24) is 5.32 Å². The molecule has 0 saturated carbocycles. The summed E-state index contributed by atoms with van der Waals surface area (Å²) in [5, 5.41) is 3.64. The first kappa shape index (κ1) is 14.4. The SMILES string of the molecule is CNC(c1cc(Cl)cc(Br)c1)c1ccc(F)c(F)c1. The highest BCUT2D eigenvalue weighted by Crippen LogP contribution is 2.28. The molecular weight excluding hydrogens is 336 g/mol. The molecule has 1 unspecified atom stereocenters. The lowest BCUT2D eigenvalue weighted by molar-refractivity contribution is 0.505. The smallest absolute Gasteiger partial charge is 0.159 e. The van der Waals surface area contributed by atoms with Gasteiger partial charge in [-0.2, -0.15) is 0 Å². The zero-order valence-corrected chi connectivity index (χ0v) is 12.4. The van der Waals surface area contributed by atoms with Crippen LogP contribution < -0.4 is 5.32 Å². The van der Waals surface area contributed by atoms with E-state index in [9.17, 15) is 8.78 Å². The van der Waals surface area contributed by atoms with E-state index in [1.165, 1.54) is 6.07 Å².